The van der Waals surface area contributed by atoms with Gasteiger partial charge < -0.3 is 11.1 Å². The molecule has 0 radical (unpaired) electrons. The first-order valence-corrected chi connectivity index (χ1v) is 7.00. The van der Waals surface area contributed by atoms with E-state index < -0.39 is 0 Å². The molecular formula is C18H15N3. The number of aromatic nitrogens is 1. The lowest BCUT2D eigenvalue weighted by Gasteiger charge is -2.18. The molecule has 3 N–H and O–H groups in total. The number of benzene rings is 2. The first kappa shape index (κ1) is 12.0. The number of nitrogens with one attached hydrogen (secondary N) is 1. The number of fused-ring (bicyclic) bond motifs is 3. The third kappa shape index (κ3) is 1.86. The third-order valence-corrected chi connectivity index (χ3v) is 3.92. The molecule has 1 aromatic heterocycles. The summed E-state index contributed by atoms with van der Waals surface area (Å²) in [6, 6.07) is 20.4. The highest BCUT2D eigenvalue weighted by molar-refractivity contribution is 5.81. The minimum absolute atomic E-state index is 0.0484. The fraction of sp³-hybridized carbons (Fsp3) is 0.0556. The number of rotatable bonds is 2. The van der Waals surface area contributed by atoms with Gasteiger partial charge in [0.15, 0.2) is 0 Å². The molecule has 0 bridgehead atoms. The quantitative estimate of drug-likeness (QED) is 0.745. The number of hydrogen-bond acceptors (Lipinski definition) is 3. The van der Waals surface area contributed by atoms with Crippen molar-refractivity contribution in [3.63, 3.8) is 0 Å². The van der Waals surface area contributed by atoms with Crippen molar-refractivity contribution < 1.29 is 0 Å². The largest absolute Gasteiger partial charge is 0.398 e. The lowest BCUT2D eigenvalue weighted by molar-refractivity contribution is 0.972. The number of nitrogens with zero attached hydrogens (tertiary/aromatic N) is 1. The summed E-state index contributed by atoms with van der Waals surface area (Å²) >= 11 is 0. The predicted molar refractivity (Wildman–Crippen MR) is 86.0 cm³/mol. The van der Waals surface area contributed by atoms with Crippen molar-refractivity contribution in [2.45, 2.75) is 6.04 Å². The molecule has 0 amide bonds. The summed E-state index contributed by atoms with van der Waals surface area (Å²) in [5.74, 6) is 0. The van der Waals surface area contributed by atoms with E-state index in [4.69, 9.17) is 5.73 Å². The summed E-state index contributed by atoms with van der Waals surface area (Å²) in [7, 11) is 0. The zero-order valence-corrected chi connectivity index (χ0v) is 11.5. The second kappa shape index (κ2) is 4.63. The van der Waals surface area contributed by atoms with Crippen LogP contribution in [0.2, 0.25) is 0 Å². The van der Waals surface area contributed by atoms with E-state index in [9.17, 15) is 0 Å². The number of pyridine rings is 1. The highest BCUT2D eigenvalue weighted by Gasteiger charge is 2.31. The molecule has 1 unspecified atom stereocenters. The maximum atomic E-state index is 6.22. The molecule has 102 valence electrons. The molecule has 4 rings (SSSR count). The SMILES string of the molecule is Nc1ccnc2c1C(Nc1ccccc1)c1ccccc1-2. The third-order valence-electron chi connectivity index (χ3n) is 3.92. The highest BCUT2D eigenvalue weighted by Crippen LogP contribution is 2.45. The fourth-order valence-electron chi connectivity index (χ4n) is 2.98. The number of para-hydroxylation sites is 1. The van der Waals surface area contributed by atoms with Gasteiger partial charge in [-0.25, -0.2) is 0 Å². The zero-order valence-electron chi connectivity index (χ0n) is 11.5. The highest BCUT2D eigenvalue weighted by atomic mass is 14.9. The molecule has 0 saturated carbocycles. The zero-order chi connectivity index (χ0) is 14.2. The normalized spacial score (nSPS) is 15.3. The Kier molecular flexibility index (Phi) is 2.64. The molecule has 0 aliphatic heterocycles. The molecule has 1 heterocycles. The lowest BCUT2D eigenvalue weighted by atomic mass is 10.0. The molecule has 1 atom stereocenters. The number of nitrogens with two attached hydrogens (primary N) is 1. The Balaban J connectivity index is 1.87. The second-order valence-electron chi connectivity index (χ2n) is 5.19. The van der Waals surface area contributed by atoms with Gasteiger partial charge in [0.05, 0.1) is 11.7 Å². The van der Waals surface area contributed by atoms with E-state index in [1.165, 1.54) is 5.56 Å². The summed E-state index contributed by atoms with van der Waals surface area (Å²) in [6.07, 6.45) is 1.77. The Morgan fingerprint density at radius 1 is 0.905 bits per heavy atom. The number of hydrogen-bond donors (Lipinski definition) is 2. The van der Waals surface area contributed by atoms with E-state index in [2.05, 4.69) is 40.6 Å². The van der Waals surface area contributed by atoms with Gasteiger partial charge in [0.25, 0.3) is 0 Å². The van der Waals surface area contributed by atoms with Gasteiger partial charge in [0, 0.05) is 28.7 Å². The molecule has 2 aromatic carbocycles. The summed E-state index contributed by atoms with van der Waals surface area (Å²) in [5, 5.41) is 3.57. The maximum absolute atomic E-state index is 6.22. The van der Waals surface area contributed by atoms with Gasteiger partial charge in [-0.2, -0.15) is 0 Å². The van der Waals surface area contributed by atoms with Crippen molar-refractivity contribution in [3.05, 3.63) is 78.0 Å². The number of anilines is 2. The minimum atomic E-state index is 0.0484. The van der Waals surface area contributed by atoms with E-state index in [1.54, 1.807) is 6.20 Å². The molecule has 21 heavy (non-hydrogen) atoms. The van der Waals surface area contributed by atoms with Crippen LogP contribution in [0.15, 0.2) is 66.9 Å². The van der Waals surface area contributed by atoms with Crippen LogP contribution in [0.4, 0.5) is 11.4 Å². The molecule has 0 saturated heterocycles. The van der Waals surface area contributed by atoms with Crippen molar-refractivity contribution in [2.24, 2.45) is 0 Å². The van der Waals surface area contributed by atoms with Crippen LogP contribution in [0.1, 0.15) is 17.2 Å². The Hall–Kier alpha value is -2.81. The van der Waals surface area contributed by atoms with Gasteiger partial charge >= 0.3 is 0 Å². The summed E-state index contributed by atoms with van der Waals surface area (Å²) < 4.78 is 0. The average Bonchev–Trinajstić information content (AvgIpc) is 2.84. The van der Waals surface area contributed by atoms with Crippen molar-refractivity contribution >= 4 is 11.4 Å². The number of nitrogen functional groups attached to an aromatic ring is 1. The molecule has 1 aliphatic rings. The van der Waals surface area contributed by atoms with Gasteiger partial charge in [-0.1, -0.05) is 42.5 Å². The summed E-state index contributed by atoms with van der Waals surface area (Å²) in [6.45, 7) is 0. The molecular weight excluding hydrogens is 258 g/mol. The van der Waals surface area contributed by atoms with Crippen LogP contribution < -0.4 is 11.1 Å². The fourth-order valence-corrected chi connectivity index (χ4v) is 2.98. The first-order chi connectivity index (χ1) is 10.3. The van der Waals surface area contributed by atoms with Gasteiger partial charge in [-0.3, -0.25) is 4.98 Å². The molecule has 0 spiro atoms. The van der Waals surface area contributed by atoms with Crippen LogP contribution in [-0.2, 0) is 0 Å². The van der Waals surface area contributed by atoms with Crippen LogP contribution in [0.25, 0.3) is 11.3 Å². The van der Waals surface area contributed by atoms with E-state index >= 15 is 0 Å². The topological polar surface area (TPSA) is 50.9 Å². The predicted octanol–water partition coefficient (Wildman–Crippen LogP) is 3.85. The van der Waals surface area contributed by atoms with Crippen LogP contribution in [0, 0.1) is 0 Å². The van der Waals surface area contributed by atoms with E-state index in [1.807, 2.05) is 30.3 Å². The molecule has 0 fully saturated rings. The molecule has 1 aliphatic carbocycles. The van der Waals surface area contributed by atoms with Gasteiger partial charge in [0.1, 0.15) is 0 Å². The van der Waals surface area contributed by atoms with Gasteiger partial charge in [-0.05, 0) is 23.8 Å². The molecule has 3 nitrogen and oxygen atoms in total. The van der Waals surface area contributed by atoms with Gasteiger partial charge in [0.2, 0.25) is 0 Å². The molecule has 3 aromatic rings. The lowest BCUT2D eigenvalue weighted by Crippen LogP contribution is -2.11. The van der Waals surface area contributed by atoms with E-state index in [0.717, 1.165) is 28.2 Å². The van der Waals surface area contributed by atoms with Crippen molar-refractivity contribution in [3.8, 4) is 11.3 Å². The van der Waals surface area contributed by atoms with Crippen molar-refractivity contribution in [2.75, 3.05) is 11.1 Å². The average molecular weight is 273 g/mol. The Bertz CT molecular complexity index is 797. The van der Waals surface area contributed by atoms with Crippen LogP contribution >= 0.6 is 0 Å². The Morgan fingerprint density at radius 3 is 2.52 bits per heavy atom. The monoisotopic (exact) mass is 273 g/mol. The van der Waals surface area contributed by atoms with Crippen LogP contribution in [-0.4, -0.2) is 4.98 Å². The van der Waals surface area contributed by atoms with E-state index in [-0.39, 0.29) is 6.04 Å². The van der Waals surface area contributed by atoms with Crippen LogP contribution in [0.3, 0.4) is 0 Å². The minimum Gasteiger partial charge on any atom is -0.398 e. The Labute approximate surface area is 123 Å². The second-order valence-corrected chi connectivity index (χ2v) is 5.19. The smallest absolute Gasteiger partial charge is 0.0815 e. The summed E-state index contributed by atoms with van der Waals surface area (Å²) in [4.78, 5) is 4.53. The van der Waals surface area contributed by atoms with Crippen LogP contribution in [0.5, 0.6) is 0 Å². The van der Waals surface area contributed by atoms with Gasteiger partial charge in [-0.15, -0.1) is 0 Å². The standard InChI is InChI=1S/C18H15N3/c19-15-10-11-20-17-13-8-4-5-9-14(13)18(16(15)17)21-12-6-2-1-3-7-12/h1-11,18,21H,(H2,19,20). The van der Waals surface area contributed by atoms with Crippen molar-refractivity contribution in [1.82, 2.24) is 4.98 Å². The first-order valence-electron chi connectivity index (χ1n) is 7.00. The summed E-state index contributed by atoms with van der Waals surface area (Å²) in [5.41, 5.74) is 12.5. The molecule has 3 heteroatoms. The maximum Gasteiger partial charge on any atom is 0.0815 e. The Morgan fingerprint density at radius 2 is 1.67 bits per heavy atom. The van der Waals surface area contributed by atoms with E-state index in [0.29, 0.717) is 0 Å². The van der Waals surface area contributed by atoms with Crippen molar-refractivity contribution in [1.29, 1.82) is 0 Å².